The van der Waals surface area contributed by atoms with Crippen LogP contribution in [0.4, 0.5) is 0 Å². The van der Waals surface area contributed by atoms with Crippen molar-refractivity contribution in [2.75, 3.05) is 6.61 Å². The Bertz CT molecular complexity index is 964. The first kappa shape index (κ1) is 16.7. The highest BCUT2D eigenvalue weighted by Crippen LogP contribution is 2.47. The van der Waals surface area contributed by atoms with Gasteiger partial charge in [-0.05, 0) is 45.7 Å². The molecule has 0 radical (unpaired) electrons. The normalized spacial score (nSPS) is 12.6. The van der Waals surface area contributed by atoms with E-state index in [0.29, 0.717) is 12.4 Å². The molecule has 0 aliphatic heterocycles. The van der Waals surface area contributed by atoms with Gasteiger partial charge in [0.15, 0.2) is 11.5 Å². The number of benzene rings is 3. The van der Waals surface area contributed by atoms with Gasteiger partial charge in [0.25, 0.3) is 0 Å². The van der Waals surface area contributed by atoms with Crippen molar-refractivity contribution in [1.82, 2.24) is 0 Å². The van der Waals surface area contributed by atoms with Gasteiger partial charge in [-0.3, -0.25) is 0 Å². The third-order valence-corrected chi connectivity index (χ3v) is 4.75. The molecular formula is C24H24O2. The molecule has 0 spiro atoms. The molecule has 0 aromatic heterocycles. The number of phenols is 1. The molecule has 2 nitrogen and oxygen atoms in total. The molecule has 3 aromatic carbocycles. The van der Waals surface area contributed by atoms with Crippen LogP contribution >= 0.6 is 0 Å². The summed E-state index contributed by atoms with van der Waals surface area (Å²) in [6.45, 7) is 6.93. The van der Waals surface area contributed by atoms with Gasteiger partial charge in [-0.25, -0.2) is 0 Å². The number of hydrogen-bond donors (Lipinski definition) is 1. The Hall–Kier alpha value is -2.74. The minimum absolute atomic E-state index is 0.0186. The monoisotopic (exact) mass is 344 g/mol. The van der Waals surface area contributed by atoms with Crippen molar-refractivity contribution in [1.29, 1.82) is 0 Å². The highest BCUT2D eigenvalue weighted by molar-refractivity contribution is 5.92. The van der Waals surface area contributed by atoms with E-state index in [1.165, 1.54) is 22.3 Å². The van der Waals surface area contributed by atoms with Gasteiger partial charge in [-0.2, -0.15) is 0 Å². The van der Waals surface area contributed by atoms with Crippen LogP contribution in [-0.4, -0.2) is 11.7 Å². The zero-order chi connectivity index (χ0) is 18.3. The van der Waals surface area contributed by atoms with Gasteiger partial charge in [-0.1, -0.05) is 75.4 Å². The largest absolute Gasteiger partial charge is 0.504 e. The molecule has 0 atom stereocenters. The Labute approximate surface area is 155 Å². The molecule has 1 N–H and O–H groups in total. The number of rotatable bonds is 3. The van der Waals surface area contributed by atoms with E-state index in [2.05, 4.69) is 63.2 Å². The molecule has 3 aromatic rings. The Kier molecular flexibility index (Phi) is 3.99. The summed E-state index contributed by atoms with van der Waals surface area (Å²) in [5.41, 5.74) is 7.30. The Morgan fingerprint density at radius 3 is 2.27 bits per heavy atom. The molecule has 0 unspecified atom stereocenters. The summed E-state index contributed by atoms with van der Waals surface area (Å²) in [6, 6.07) is 20.6. The Balaban J connectivity index is 1.87. The van der Waals surface area contributed by atoms with E-state index >= 15 is 0 Å². The van der Waals surface area contributed by atoms with Crippen molar-refractivity contribution in [2.24, 2.45) is 5.41 Å². The van der Waals surface area contributed by atoms with Crippen molar-refractivity contribution in [3.8, 4) is 33.8 Å². The average molecular weight is 344 g/mol. The highest BCUT2D eigenvalue weighted by Gasteiger charge is 2.24. The maximum absolute atomic E-state index is 10.5. The van der Waals surface area contributed by atoms with Gasteiger partial charge >= 0.3 is 0 Å². The first-order chi connectivity index (χ1) is 12.4. The lowest BCUT2D eigenvalue weighted by atomic mass is 9.93. The molecular weight excluding hydrogens is 320 g/mol. The van der Waals surface area contributed by atoms with Crippen LogP contribution in [0, 0.1) is 5.41 Å². The molecule has 0 bridgehead atoms. The van der Waals surface area contributed by atoms with Crippen LogP contribution in [0.15, 0.2) is 60.7 Å². The van der Waals surface area contributed by atoms with E-state index in [-0.39, 0.29) is 11.2 Å². The second-order valence-corrected chi connectivity index (χ2v) is 8.18. The van der Waals surface area contributed by atoms with Crippen LogP contribution in [0.25, 0.3) is 22.3 Å². The van der Waals surface area contributed by atoms with Crippen LogP contribution < -0.4 is 4.74 Å². The van der Waals surface area contributed by atoms with Crippen LogP contribution in [0.3, 0.4) is 0 Å². The number of hydrogen-bond acceptors (Lipinski definition) is 2. The minimum atomic E-state index is 0.0186. The van der Waals surface area contributed by atoms with Gasteiger partial charge in [-0.15, -0.1) is 0 Å². The first-order valence-corrected chi connectivity index (χ1v) is 9.09. The Morgan fingerprint density at radius 2 is 1.46 bits per heavy atom. The molecule has 1 aliphatic rings. The minimum Gasteiger partial charge on any atom is -0.504 e. The van der Waals surface area contributed by atoms with Gasteiger partial charge < -0.3 is 9.84 Å². The number of phenolic OH excluding ortho intramolecular Hbond substituents is 1. The second kappa shape index (κ2) is 6.21. The summed E-state index contributed by atoms with van der Waals surface area (Å²) in [5.74, 6) is 0.760. The van der Waals surface area contributed by atoms with E-state index in [0.717, 1.165) is 17.5 Å². The maximum atomic E-state index is 10.5. The fourth-order valence-corrected chi connectivity index (χ4v) is 3.59. The predicted octanol–water partition coefficient (Wildman–Crippen LogP) is 6.06. The lowest BCUT2D eigenvalue weighted by Gasteiger charge is -2.22. The van der Waals surface area contributed by atoms with E-state index in [1.54, 1.807) is 6.07 Å². The van der Waals surface area contributed by atoms with Crippen molar-refractivity contribution < 1.29 is 9.84 Å². The summed E-state index contributed by atoms with van der Waals surface area (Å²) in [5, 5.41) is 10.5. The third kappa shape index (κ3) is 2.96. The van der Waals surface area contributed by atoms with E-state index < -0.39 is 0 Å². The fraction of sp³-hybridized carbons (Fsp3) is 0.250. The highest BCUT2D eigenvalue weighted by atomic mass is 16.5. The number of ether oxygens (including phenoxy) is 1. The quantitative estimate of drug-likeness (QED) is 0.490. The molecule has 0 amide bonds. The topological polar surface area (TPSA) is 29.5 Å². The lowest BCUT2D eigenvalue weighted by Crippen LogP contribution is -2.17. The summed E-state index contributed by atoms with van der Waals surface area (Å²) < 4.78 is 6.08. The zero-order valence-corrected chi connectivity index (χ0v) is 15.5. The molecule has 0 fully saturated rings. The summed E-state index contributed by atoms with van der Waals surface area (Å²) >= 11 is 0. The van der Waals surface area contributed by atoms with Gasteiger partial charge in [0, 0.05) is 5.56 Å². The fourth-order valence-electron chi connectivity index (χ4n) is 3.59. The van der Waals surface area contributed by atoms with Crippen molar-refractivity contribution >= 4 is 0 Å². The van der Waals surface area contributed by atoms with Gasteiger partial charge in [0.1, 0.15) is 0 Å². The number of aromatic hydroxyl groups is 1. The van der Waals surface area contributed by atoms with E-state index in [9.17, 15) is 5.11 Å². The standard InChI is InChI=1S/C24H24O2/c1-24(2,3)15-26-23-20(12-7-13-21(23)25)19-11-6-9-17-14-16-8-4-5-10-18(16)22(17)19/h4-13,25H,14-15H2,1-3H3. The van der Waals surface area contributed by atoms with Crippen LogP contribution in [0.2, 0.25) is 0 Å². The van der Waals surface area contributed by atoms with Crippen LogP contribution in [0.1, 0.15) is 31.9 Å². The van der Waals surface area contributed by atoms with E-state index in [1.807, 2.05) is 12.1 Å². The number of para-hydroxylation sites is 1. The van der Waals surface area contributed by atoms with Gasteiger partial charge in [0.2, 0.25) is 0 Å². The lowest BCUT2D eigenvalue weighted by molar-refractivity contribution is 0.193. The van der Waals surface area contributed by atoms with Crippen molar-refractivity contribution in [3.63, 3.8) is 0 Å². The summed E-state index contributed by atoms with van der Waals surface area (Å²) in [4.78, 5) is 0. The molecule has 132 valence electrons. The predicted molar refractivity (Wildman–Crippen MR) is 107 cm³/mol. The van der Waals surface area contributed by atoms with E-state index in [4.69, 9.17) is 4.74 Å². The molecule has 0 heterocycles. The zero-order valence-electron chi connectivity index (χ0n) is 15.5. The van der Waals surface area contributed by atoms with Crippen molar-refractivity contribution in [3.05, 3.63) is 71.8 Å². The molecule has 4 rings (SSSR count). The summed E-state index contributed by atoms with van der Waals surface area (Å²) in [6.07, 6.45) is 0.955. The van der Waals surface area contributed by atoms with Crippen molar-refractivity contribution in [2.45, 2.75) is 27.2 Å². The molecule has 1 aliphatic carbocycles. The molecule has 0 saturated heterocycles. The SMILES string of the molecule is CC(C)(C)COc1c(O)cccc1-c1cccc2c1-c1ccccc1C2. The third-order valence-electron chi connectivity index (χ3n) is 4.75. The molecule has 2 heteroatoms. The molecule has 26 heavy (non-hydrogen) atoms. The van der Waals surface area contributed by atoms with Crippen LogP contribution in [-0.2, 0) is 6.42 Å². The Morgan fingerprint density at radius 1 is 0.808 bits per heavy atom. The first-order valence-electron chi connectivity index (χ1n) is 9.09. The maximum Gasteiger partial charge on any atom is 0.168 e. The molecule has 0 saturated carbocycles. The number of fused-ring (bicyclic) bond motifs is 3. The van der Waals surface area contributed by atoms with Crippen LogP contribution in [0.5, 0.6) is 11.5 Å². The van der Waals surface area contributed by atoms with Gasteiger partial charge in [0.05, 0.1) is 6.61 Å². The smallest absolute Gasteiger partial charge is 0.168 e. The average Bonchev–Trinajstić information content (AvgIpc) is 2.98. The second-order valence-electron chi connectivity index (χ2n) is 8.18. The summed E-state index contributed by atoms with van der Waals surface area (Å²) in [7, 11) is 0.